The number of nitrogens with one attached hydrogen (secondary N) is 2. The van der Waals surface area contributed by atoms with Crippen LogP contribution in [0.25, 0.3) is 6.08 Å². The molecule has 0 aromatic heterocycles. The molecule has 2 radical (unpaired) electrons. The Labute approximate surface area is 155 Å². The first kappa shape index (κ1) is 18.2. The number of hydrogen-bond donors (Lipinski definition) is 3. The van der Waals surface area contributed by atoms with Gasteiger partial charge in [-0.05, 0) is 41.5 Å². The number of hydroxylamine groups is 1. The van der Waals surface area contributed by atoms with Crippen molar-refractivity contribution in [3.63, 3.8) is 0 Å². The number of rotatable bonds is 5. The number of nitrogens with zero attached hydrogens (tertiary/aromatic N) is 1. The fraction of sp³-hybridized carbons (Fsp3) is 0.0556. The first-order valence-corrected chi connectivity index (χ1v) is 7.81. The largest absolute Gasteiger partial charge is 0.454 e. The predicted octanol–water partition coefficient (Wildman–Crippen LogP) is 0.492. The summed E-state index contributed by atoms with van der Waals surface area (Å²) in [5.41, 5.74) is 6.00. The molecule has 0 aliphatic carbocycles. The van der Waals surface area contributed by atoms with Crippen molar-refractivity contribution in [1.82, 2.24) is 10.9 Å². The molecule has 0 unspecified atom stereocenters. The first-order valence-electron chi connectivity index (χ1n) is 7.81. The average molecular weight is 363 g/mol. The van der Waals surface area contributed by atoms with Gasteiger partial charge in [0.2, 0.25) is 6.79 Å². The van der Waals surface area contributed by atoms with E-state index in [4.69, 9.17) is 22.5 Å². The lowest BCUT2D eigenvalue weighted by molar-refractivity contribution is -0.124. The highest BCUT2D eigenvalue weighted by Gasteiger charge is 2.14. The van der Waals surface area contributed by atoms with Crippen LogP contribution in [-0.2, 0) is 4.79 Å². The van der Waals surface area contributed by atoms with Gasteiger partial charge in [0.15, 0.2) is 11.5 Å². The van der Waals surface area contributed by atoms with Gasteiger partial charge in [0, 0.05) is 11.6 Å². The Balaban J connectivity index is 1.61. The summed E-state index contributed by atoms with van der Waals surface area (Å²) in [6.45, 7) is 0.141. The van der Waals surface area contributed by atoms with Crippen LogP contribution in [0.4, 0.5) is 0 Å². The highest BCUT2D eigenvalue weighted by Crippen LogP contribution is 2.30. The Bertz CT molecular complexity index is 925. The second-order valence-electron chi connectivity index (χ2n) is 5.46. The number of carbonyl (C=O) groups excluding carboxylic acids is 2. The molecule has 9 heteroatoms. The number of benzene rings is 2. The van der Waals surface area contributed by atoms with Crippen LogP contribution in [0.1, 0.15) is 21.5 Å². The Kier molecular flexibility index (Phi) is 5.53. The maximum atomic E-state index is 12.1. The van der Waals surface area contributed by atoms with Gasteiger partial charge < -0.3 is 9.47 Å². The molecule has 1 heterocycles. The molecule has 0 spiro atoms. The number of hydrazone groups is 1. The van der Waals surface area contributed by atoms with Gasteiger partial charge >= 0.3 is 0 Å². The molecule has 3 rings (SSSR count). The van der Waals surface area contributed by atoms with E-state index >= 15 is 0 Å². The van der Waals surface area contributed by atoms with E-state index in [1.807, 2.05) is 0 Å². The van der Waals surface area contributed by atoms with Gasteiger partial charge in [-0.1, -0.05) is 17.6 Å². The average Bonchev–Trinajstić information content (AvgIpc) is 3.13. The fourth-order valence-electron chi connectivity index (χ4n) is 2.27. The third-order valence-electron chi connectivity index (χ3n) is 3.66. The molecule has 3 N–H and O–H groups in total. The highest BCUT2D eigenvalue weighted by atomic mass is 16.7. The van der Waals surface area contributed by atoms with E-state index < -0.39 is 11.8 Å². The molecule has 0 bridgehead atoms. The molecule has 2 aromatic carbocycles. The minimum atomic E-state index is -0.644. The molecule has 134 valence electrons. The molecule has 2 amide bonds. The molecule has 0 atom stereocenters. The zero-order valence-electron chi connectivity index (χ0n) is 14.0. The summed E-state index contributed by atoms with van der Waals surface area (Å²) >= 11 is 0. The van der Waals surface area contributed by atoms with Crippen molar-refractivity contribution in [3.05, 3.63) is 59.2 Å². The van der Waals surface area contributed by atoms with Crippen LogP contribution < -0.4 is 25.8 Å². The van der Waals surface area contributed by atoms with Gasteiger partial charge in [0.05, 0.1) is 6.21 Å². The van der Waals surface area contributed by atoms with Crippen molar-refractivity contribution in [2.75, 3.05) is 6.79 Å². The Morgan fingerprint density at radius 3 is 2.56 bits per heavy atom. The second kappa shape index (κ2) is 8.20. The summed E-state index contributed by atoms with van der Waals surface area (Å²) in [6, 6.07) is 9.77. The number of carbonyl (C=O) groups is 2. The Hall–Kier alpha value is -3.59. The smallest absolute Gasteiger partial charge is 0.271 e. The maximum absolute atomic E-state index is 12.1. The summed E-state index contributed by atoms with van der Waals surface area (Å²) < 4.78 is 10.5. The molecule has 27 heavy (non-hydrogen) atoms. The van der Waals surface area contributed by atoms with Crippen LogP contribution >= 0.6 is 0 Å². The van der Waals surface area contributed by atoms with Crippen molar-refractivity contribution in [2.24, 2.45) is 5.10 Å². The number of hydrogen-bond acceptors (Lipinski definition) is 6. The fourth-order valence-corrected chi connectivity index (χ4v) is 2.27. The normalized spacial score (nSPS) is 12.5. The monoisotopic (exact) mass is 363 g/mol. The second-order valence-corrected chi connectivity index (χ2v) is 5.46. The van der Waals surface area contributed by atoms with Crippen LogP contribution in [0.2, 0.25) is 0 Å². The van der Waals surface area contributed by atoms with E-state index in [0.717, 1.165) is 6.08 Å². The standard InChI is InChI=1S/C18H14BN3O5/c19-14-8-16-15(26-10-27-16)7-13(14)9-20-21-18(24)12-4-1-11(2-5-12)3-6-17(23)22-25/h1-9,25H,10H2,(H,21,24)(H,22,23)/b6-3+,20-9+. The zero-order chi connectivity index (χ0) is 19.2. The molecular weight excluding hydrogens is 349 g/mol. The lowest BCUT2D eigenvalue weighted by Crippen LogP contribution is -2.18. The lowest BCUT2D eigenvalue weighted by atomic mass is 9.90. The van der Waals surface area contributed by atoms with Crippen LogP contribution in [0.5, 0.6) is 11.5 Å². The molecule has 8 nitrogen and oxygen atoms in total. The van der Waals surface area contributed by atoms with Gasteiger partial charge in [-0.25, -0.2) is 10.9 Å². The summed E-state index contributed by atoms with van der Waals surface area (Å²) in [5.74, 6) is 0.0814. The molecular formula is C18H14BN3O5. The summed E-state index contributed by atoms with van der Waals surface area (Å²) in [5, 5.41) is 12.3. The minimum Gasteiger partial charge on any atom is -0.454 e. The van der Waals surface area contributed by atoms with Crippen molar-refractivity contribution < 1.29 is 24.3 Å². The quantitative estimate of drug-likeness (QED) is 0.236. The van der Waals surface area contributed by atoms with E-state index in [9.17, 15) is 9.59 Å². The van der Waals surface area contributed by atoms with Gasteiger partial charge in [-0.2, -0.15) is 5.10 Å². The van der Waals surface area contributed by atoms with Crippen LogP contribution in [-0.4, -0.2) is 37.9 Å². The summed E-state index contributed by atoms with van der Waals surface area (Å²) in [7, 11) is 5.91. The van der Waals surface area contributed by atoms with Crippen molar-refractivity contribution >= 4 is 37.4 Å². The molecule has 1 aliphatic rings. The number of ether oxygens (including phenoxy) is 2. The van der Waals surface area contributed by atoms with E-state index in [1.165, 1.54) is 17.8 Å². The molecule has 2 aromatic rings. The number of fused-ring (bicyclic) bond motifs is 1. The van der Waals surface area contributed by atoms with Crippen LogP contribution in [0, 0.1) is 0 Å². The van der Waals surface area contributed by atoms with Gasteiger partial charge in [0.1, 0.15) is 7.85 Å². The zero-order valence-corrected chi connectivity index (χ0v) is 14.0. The van der Waals surface area contributed by atoms with E-state index in [2.05, 4.69) is 10.5 Å². The van der Waals surface area contributed by atoms with Gasteiger partial charge in [0.25, 0.3) is 11.8 Å². The first-order chi connectivity index (χ1) is 13.1. The van der Waals surface area contributed by atoms with Gasteiger partial charge in [-0.3, -0.25) is 14.8 Å². The minimum absolute atomic E-state index is 0.141. The van der Waals surface area contributed by atoms with E-state index in [0.29, 0.717) is 33.7 Å². The third kappa shape index (κ3) is 4.53. The van der Waals surface area contributed by atoms with Crippen LogP contribution in [0.15, 0.2) is 47.6 Å². The highest BCUT2D eigenvalue weighted by molar-refractivity contribution is 6.35. The van der Waals surface area contributed by atoms with Crippen molar-refractivity contribution in [3.8, 4) is 11.5 Å². The Morgan fingerprint density at radius 1 is 1.15 bits per heavy atom. The van der Waals surface area contributed by atoms with Crippen LogP contribution in [0.3, 0.4) is 0 Å². The molecule has 0 fully saturated rings. The van der Waals surface area contributed by atoms with Crippen molar-refractivity contribution in [1.29, 1.82) is 0 Å². The topological polar surface area (TPSA) is 109 Å². The van der Waals surface area contributed by atoms with Gasteiger partial charge in [-0.15, -0.1) is 0 Å². The van der Waals surface area contributed by atoms with Crippen molar-refractivity contribution in [2.45, 2.75) is 0 Å². The third-order valence-corrected chi connectivity index (χ3v) is 3.66. The summed E-state index contributed by atoms with van der Waals surface area (Å²) in [6.07, 6.45) is 4.07. The molecule has 1 aliphatic heterocycles. The summed E-state index contributed by atoms with van der Waals surface area (Å²) in [4.78, 5) is 23.0. The lowest BCUT2D eigenvalue weighted by Gasteiger charge is -2.04. The predicted molar refractivity (Wildman–Crippen MR) is 98.4 cm³/mol. The Morgan fingerprint density at radius 2 is 1.85 bits per heavy atom. The number of amides is 2. The molecule has 0 saturated heterocycles. The SMILES string of the molecule is [B]c1cc2c(cc1/C=N/NC(=O)c1ccc(/C=C/C(=O)NO)cc1)OCO2. The maximum Gasteiger partial charge on any atom is 0.271 e. The van der Waals surface area contributed by atoms with E-state index in [1.54, 1.807) is 36.4 Å². The van der Waals surface area contributed by atoms with E-state index in [-0.39, 0.29) is 6.79 Å². The molecule has 0 saturated carbocycles.